The molecule has 4 rings (SSSR count). The van der Waals surface area contributed by atoms with Gasteiger partial charge in [0.2, 0.25) is 15.9 Å². The van der Waals surface area contributed by atoms with E-state index in [1.165, 1.54) is 14.7 Å². The lowest BCUT2D eigenvalue weighted by Crippen LogP contribution is -2.53. The Bertz CT molecular complexity index is 935. The Morgan fingerprint density at radius 1 is 1.07 bits per heavy atom. The fourth-order valence-electron chi connectivity index (χ4n) is 3.97. The summed E-state index contributed by atoms with van der Waals surface area (Å²) in [6.07, 6.45) is 0.994. The molecule has 2 aliphatic rings. The van der Waals surface area contributed by atoms with Crippen LogP contribution in [0.4, 0.5) is 0 Å². The molecule has 1 fully saturated rings. The van der Waals surface area contributed by atoms with Crippen molar-refractivity contribution in [2.75, 3.05) is 39.3 Å². The third-order valence-corrected chi connectivity index (χ3v) is 8.62. The zero-order valence-corrected chi connectivity index (χ0v) is 17.6. The number of hydrogen-bond acceptors (Lipinski definition) is 5. The van der Waals surface area contributed by atoms with Crippen LogP contribution in [0.3, 0.4) is 0 Å². The number of carbonyl (C=O) groups is 1. The first-order valence-electron chi connectivity index (χ1n) is 9.60. The van der Waals surface area contributed by atoms with E-state index in [-0.39, 0.29) is 11.9 Å². The van der Waals surface area contributed by atoms with Gasteiger partial charge in [-0.25, -0.2) is 8.42 Å². The molecule has 0 unspecified atom stereocenters. The van der Waals surface area contributed by atoms with Crippen LogP contribution >= 0.6 is 11.3 Å². The van der Waals surface area contributed by atoms with Crippen molar-refractivity contribution in [1.29, 1.82) is 0 Å². The third kappa shape index (κ3) is 3.74. The van der Waals surface area contributed by atoms with Crippen molar-refractivity contribution >= 4 is 27.3 Å². The lowest BCUT2D eigenvalue weighted by Gasteiger charge is -2.37. The molecule has 0 saturated carbocycles. The molecule has 1 atom stereocenters. The molecule has 0 radical (unpaired) electrons. The number of sulfonamides is 1. The Balaban J connectivity index is 1.35. The van der Waals surface area contributed by atoms with Crippen LogP contribution in [0.25, 0.3) is 0 Å². The van der Waals surface area contributed by atoms with E-state index < -0.39 is 10.0 Å². The second-order valence-corrected chi connectivity index (χ2v) is 10.2. The first-order chi connectivity index (χ1) is 13.5. The molecule has 3 heterocycles. The summed E-state index contributed by atoms with van der Waals surface area (Å²) >= 11 is 1.79. The lowest BCUT2D eigenvalue weighted by atomic mass is 10.0. The smallest absolute Gasteiger partial charge is 0.243 e. The van der Waals surface area contributed by atoms with Crippen LogP contribution < -0.4 is 0 Å². The maximum atomic E-state index is 12.8. The van der Waals surface area contributed by atoms with Gasteiger partial charge < -0.3 is 4.90 Å². The number of nitrogens with zero attached hydrogens (tertiary/aromatic N) is 3. The van der Waals surface area contributed by atoms with Crippen molar-refractivity contribution < 1.29 is 13.2 Å². The fourth-order valence-corrected chi connectivity index (χ4v) is 6.38. The van der Waals surface area contributed by atoms with Crippen LogP contribution in [0.5, 0.6) is 0 Å². The Labute approximate surface area is 170 Å². The van der Waals surface area contributed by atoms with Gasteiger partial charge >= 0.3 is 0 Å². The quantitative estimate of drug-likeness (QED) is 0.762. The third-order valence-electron chi connectivity index (χ3n) is 5.71. The summed E-state index contributed by atoms with van der Waals surface area (Å²) in [4.78, 5) is 18.6. The minimum absolute atomic E-state index is 0.0855. The molecule has 8 heteroatoms. The average molecular weight is 420 g/mol. The molecule has 6 nitrogen and oxygen atoms in total. The summed E-state index contributed by atoms with van der Waals surface area (Å²) in [7, 11) is -3.49. The molecule has 28 heavy (non-hydrogen) atoms. The van der Waals surface area contributed by atoms with Crippen LogP contribution in [-0.2, 0) is 21.2 Å². The monoisotopic (exact) mass is 419 g/mol. The summed E-state index contributed by atoms with van der Waals surface area (Å²) in [5.41, 5.74) is 1.34. The molecule has 1 saturated heterocycles. The highest BCUT2D eigenvalue weighted by Crippen LogP contribution is 2.32. The van der Waals surface area contributed by atoms with E-state index in [4.69, 9.17) is 0 Å². The van der Waals surface area contributed by atoms with Gasteiger partial charge in [-0.2, -0.15) is 4.31 Å². The number of fused-ring (bicyclic) bond motifs is 1. The van der Waals surface area contributed by atoms with Gasteiger partial charge in [0.25, 0.3) is 0 Å². The van der Waals surface area contributed by atoms with Crippen molar-refractivity contribution in [3.05, 3.63) is 52.2 Å². The number of rotatable bonds is 4. The molecule has 0 spiro atoms. The van der Waals surface area contributed by atoms with Crippen molar-refractivity contribution in [3.8, 4) is 0 Å². The summed E-state index contributed by atoms with van der Waals surface area (Å²) < 4.78 is 26.9. The predicted octanol–water partition coefficient (Wildman–Crippen LogP) is 2.20. The Kier molecular flexibility index (Phi) is 5.55. The van der Waals surface area contributed by atoms with Crippen LogP contribution in [0.1, 0.15) is 23.4 Å². The van der Waals surface area contributed by atoms with E-state index in [0.29, 0.717) is 37.6 Å². The highest BCUT2D eigenvalue weighted by atomic mass is 32.2. The molecule has 0 bridgehead atoms. The molecule has 2 aliphatic heterocycles. The highest BCUT2D eigenvalue weighted by molar-refractivity contribution is 7.89. The summed E-state index contributed by atoms with van der Waals surface area (Å²) in [6, 6.07) is 10.9. The van der Waals surface area contributed by atoms with E-state index in [9.17, 15) is 13.2 Å². The average Bonchev–Trinajstić information content (AvgIpc) is 3.20. The van der Waals surface area contributed by atoms with Crippen molar-refractivity contribution in [1.82, 2.24) is 14.1 Å². The van der Waals surface area contributed by atoms with Gasteiger partial charge in [-0.05, 0) is 42.5 Å². The Hall–Kier alpha value is -1.74. The van der Waals surface area contributed by atoms with Gasteiger partial charge in [-0.15, -0.1) is 11.3 Å². The van der Waals surface area contributed by atoms with E-state index in [2.05, 4.69) is 23.3 Å². The predicted molar refractivity (Wildman–Crippen MR) is 110 cm³/mol. The van der Waals surface area contributed by atoms with Crippen LogP contribution in [-0.4, -0.2) is 67.7 Å². The van der Waals surface area contributed by atoms with Gasteiger partial charge in [0.1, 0.15) is 0 Å². The van der Waals surface area contributed by atoms with Gasteiger partial charge in [0, 0.05) is 43.6 Å². The molecular weight excluding hydrogens is 394 g/mol. The number of thiophene rings is 1. The largest absolute Gasteiger partial charge is 0.339 e. The number of hydrogen-bond donors (Lipinski definition) is 0. The molecule has 1 aromatic heterocycles. The fraction of sp³-hybridized carbons (Fsp3) is 0.450. The second-order valence-electron chi connectivity index (χ2n) is 7.29. The maximum absolute atomic E-state index is 12.8. The molecule has 1 amide bonds. The SMILES string of the molecule is C[C@@H]1c2ccsc2CCN1CC(=O)N1CCN(S(=O)(=O)c2ccccc2)CC1. The van der Waals surface area contributed by atoms with Gasteiger partial charge in [-0.3, -0.25) is 9.69 Å². The van der Waals surface area contributed by atoms with Gasteiger partial charge in [0.05, 0.1) is 11.4 Å². The number of piperazine rings is 1. The minimum Gasteiger partial charge on any atom is -0.339 e. The molecule has 0 N–H and O–H groups in total. The maximum Gasteiger partial charge on any atom is 0.243 e. The van der Waals surface area contributed by atoms with Crippen LogP contribution in [0.2, 0.25) is 0 Å². The summed E-state index contributed by atoms with van der Waals surface area (Å²) in [5, 5.41) is 2.12. The molecule has 1 aromatic carbocycles. The Morgan fingerprint density at radius 2 is 1.79 bits per heavy atom. The van der Waals surface area contributed by atoms with E-state index in [1.807, 2.05) is 0 Å². The topological polar surface area (TPSA) is 60.9 Å². The lowest BCUT2D eigenvalue weighted by molar-refractivity contribution is -0.134. The molecule has 150 valence electrons. The molecular formula is C20H25N3O3S2. The van der Waals surface area contributed by atoms with Crippen LogP contribution in [0.15, 0.2) is 46.7 Å². The normalized spacial score (nSPS) is 21.5. The zero-order valence-electron chi connectivity index (χ0n) is 16.0. The van der Waals surface area contributed by atoms with E-state index in [0.717, 1.165) is 13.0 Å². The van der Waals surface area contributed by atoms with Crippen molar-refractivity contribution in [2.45, 2.75) is 24.3 Å². The first-order valence-corrected chi connectivity index (χ1v) is 11.9. The van der Waals surface area contributed by atoms with E-state index >= 15 is 0 Å². The standard InChI is InChI=1S/C20H25N3O3S2/c1-16-18-8-14-27-19(18)7-9-22(16)15-20(24)21-10-12-23(13-11-21)28(25,26)17-5-3-2-4-6-17/h2-6,8,14,16H,7,9-13,15H2,1H3/t16-/m1/s1. The van der Waals surface area contributed by atoms with Crippen molar-refractivity contribution in [3.63, 3.8) is 0 Å². The summed E-state index contributed by atoms with van der Waals surface area (Å²) in [6.45, 7) is 5.00. The molecule has 0 aliphatic carbocycles. The molecule has 2 aromatic rings. The summed E-state index contributed by atoms with van der Waals surface area (Å²) in [5.74, 6) is 0.0855. The second kappa shape index (κ2) is 7.94. The Morgan fingerprint density at radius 3 is 2.50 bits per heavy atom. The number of amides is 1. The van der Waals surface area contributed by atoms with Crippen molar-refractivity contribution in [2.24, 2.45) is 0 Å². The van der Waals surface area contributed by atoms with E-state index in [1.54, 1.807) is 46.6 Å². The highest BCUT2D eigenvalue weighted by Gasteiger charge is 2.32. The number of carbonyl (C=O) groups excluding carboxylic acids is 1. The number of benzene rings is 1. The van der Waals surface area contributed by atoms with Crippen LogP contribution in [0, 0.1) is 0 Å². The zero-order chi connectivity index (χ0) is 19.7. The van der Waals surface area contributed by atoms with Gasteiger partial charge in [0.15, 0.2) is 0 Å². The first kappa shape index (κ1) is 19.6. The van der Waals surface area contributed by atoms with Gasteiger partial charge in [-0.1, -0.05) is 18.2 Å². The minimum atomic E-state index is -3.49.